The molecule has 0 saturated carbocycles. The molecule has 0 rings (SSSR count). The number of carbonyl (C=O) groups excluding carboxylic acids is 2. The van der Waals surface area contributed by atoms with Gasteiger partial charge in [-0.2, -0.15) is 0 Å². The predicted octanol–water partition coefficient (Wildman–Crippen LogP) is 1.67. The summed E-state index contributed by atoms with van der Waals surface area (Å²) in [6, 6.07) is 0. The Morgan fingerprint density at radius 2 is 1.05 bits per heavy atom. The molecular weight excluding hydrogens is 244 g/mol. The molecule has 104 valence electrons. The van der Waals surface area contributed by atoms with Crippen LogP contribution in [0.4, 0.5) is 0 Å². The van der Waals surface area contributed by atoms with E-state index >= 15 is 0 Å². The smallest absolute Gasteiger partial charge is 0.347 e. The Bertz CT molecular complexity index is 439. The van der Waals surface area contributed by atoms with E-state index in [-0.39, 0.29) is 22.5 Å². The summed E-state index contributed by atoms with van der Waals surface area (Å²) in [5.74, 6) is -1.60. The lowest BCUT2D eigenvalue weighted by Gasteiger charge is -2.09. The molecule has 0 aliphatic rings. The summed E-state index contributed by atoms with van der Waals surface area (Å²) in [4.78, 5) is 23.6. The maximum atomic E-state index is 11.8. The quantitative estimate of drug-likeness (QED) is 0.348. The van der Waals surface area contributed by atoms with Crippen molar-refractivity contribution in [3.63, 3.8) is 0 Å². The van der Waals surface area contributed by atoms with Crippen LogP contribution in [-0.4, -0.2) is 11.9 Å². The van der Waals surface area contributed by atoms with E-state index in [0.717, 1.165) is 0 Å². The van der Waals surface area contributed by atoms with Crippen LogP contribution in [0.3, 0.4) is 0 Å². The van der Waals surface area contributed by atoms with Crippen molar-refractivity contribution in [2.75, 3.05) is 0 Å². The molecule has 0 aliphatic carbocycles. The molecule has 4 N–H and O–H groups in total. The van der Waals surface area contributed by atoms with Gasteiger partial charge in [0.25, 0.3) is 0 Å². The Balaban J connectivity index is 5.08. The van der Waals surface area contributed by atoms with Crippen molar-refractivity contribution in [3.8, 4) is 0 Å². The number of allylic oxidation sites excluding steroid dienone is 4. The second-order valence-corrected chi connectivity index (χ2v) is 3.57. The lowest BCUT2D eigenvalue weighted by molar-refractivity contribution is -0.153. The van der Waals surface area contributed by atoms with Crippen LogP contribution in [-0.2, 0) is 14.3 Å². The molecule has 0 bridgehead atoms. The van der Waals surface area contributed by atoms with Crippen LogP contribution < -0.4 is 11.5 Å². The van der Waals surface area contributed by atoms with E-state index in [2.05, 4.69) is 0 Å². The summed E-state index contributed by atoms with van der Waals surface area (Å²) in [6.07, 6.45) is 6.08. The van der Waals surface area contributed by atoms with Crippen molar-refractivity contribution in [2.45, 2.75) is 27.7 Å². The fraction of sp³-hybridized carbons (Fsp3) is 0.286. The lowest BCUT2D eigenvalue weighted by Crippen LogP contribution is -2.21. The van der Waals surface area contributed by atoms with Crippen LogP contribution in [0.1, 0.15) is 27.7 Å². The van der Waals surface area contributed by atoms with Crippen LogP contribution in [0.5, 0.6) is 0 Å². The van der Waals surface area contributed by atoms with Gasteiger partial charge < -0.3 is 16.2 Å². The van der Waals surface area contributed by atoms with E-state index in [1.165, 1.54) is 12.2 Å². The molecule has 0 aromatic carbocycles. The highest BCUT2D eigenvalue weighted by molar-refractivity contribution is 6.05. The molecule has 0 spiro atoms. The Hall–Kier alpha value is -2.30. The van der Waals surface area contributed by atoms with Gasteiger partial charge >= 0.3 is 11.9 Å². The Labute approximate surface area is 113 Å². The summed E-state index contributed by atoms with van der Waals surface area (Å²) < 4.78 is 4.75. The van der Waals surface area contributed by atoms with E-state index in [0.29, 0.717) is 0 Å². The van der Waals surface area contributed by atoms with Gasteiger partial charge in [0.2, 0.25) is 0 Å². The highest BCUT2D eigenvalue weighted by Crippen LogP contribution is 2.11. The topological polar surface area (TPSA) is 95.4 Å². The van der Waals surface area contributed by atoms with Gasteiger partial charge in [-0.25, -0.2) is 9.59 Å². The number of nitrogens with two attached hydrogens (primary N) is 2. The highest BCUT2D eigenvalue weighted by atomic mass is 16.6. The molecule has 0 radical (unpaired) electrons. The molecule has 0 aliphatic heterocycles. The molecule has 0 unspecified atom stereocenters. The standard InChI is InChI=1S/C14H20N2O3/c1-5-9(11(15)7-3)13(17)19-14(18)10(6-2)12(16)8-4/h5-8H,15-16H2,1-4H3/b9-5+,10-6+,11-7+,12-8+. The molecule has 0 aromatic heterocycles. The van der Waals surface area contributed by atoms with Crippen molar-refractivity contribution >= 4 is 11.9 Å². The number of hydrogen-bond donors (Lipinski definition) is 2. The first-order valence-electron chi connectivity index (χ1n) is 5.86. The molecule has 0 amide bonds. The number of esters is 2. The average Bonchev–Trinajstić information content (AvgIpc) is 2.39. The SMILES string of the molecule is C/C=C(N)\C(=C/C)C(=O)OC(=O)C(=C/C)/C(N)=C\C. The van der Waals surface area contributed by atoms with Gasteiger partial charge in [0.1, 0.15) is 0 Å². The Morgan fingerprint density at radius 1 is 0.737 bits per heavy atom. The molecule has 0 atom stereocenters. The summed E-state index contributed by atoms with van der Waals surface area (Å²) in [5, 5.41) is 0. The molecule has 5 heteroatoms. The van der Waals surface area contributed by atoms with Gasteiger partial charge in [0.05, 0.1) is 11.1 Å². The second kappa shape index (κ2) is 7.92. The van der Waals surface area contributed by atoms with Gasteiger partial charge in [-0.05, 0) is 27.7 Å². The van der Waals surface area contributed by atoms with Gasteiger partial charge in [0.15, 0.2) is 0 Å². The first-order chi connectivity index (χ1) is 8.92. The third-order valence-electron chi connectivity index (χ3n) is 2.45. The number of carbonyl (C=O) groups is 2. The number of ether oxygens (including phenoxy) is 1. The molecule has 19 heavy (non-hydrogen) atoms. The Morgan fingerprint density at radius 3 is 1.26 bits per heavy atom. The molecule has 0 saturated heterocycles. The van der Waals surface area contributed by atoms with Crippen molar-refractivity contribution in [2.24, 2.45) is 11.5 Å². The third kappa shape index (κ3) is 4.46. The maximum Gasteiger partial charge on any atom is 0.347 e. The van der Waals surface area contributed by atoms with Crippen molar-refractivity contribution in [3.05, 3.63) is 46.8 Å². The van der Waals surface area contributed by atoms with E-state index in [9.17, 15) is 9.59 Å². The number of rotatable bonds is 4. The van der Waals surface area contributed by atoms with Crippen molar-refractivity contribution in [1.82, 2.24) is 0 Å². The van der Waals surface area contributed by atoms with Crippen molar-refractivity contribution in [1.29, 1.82) is 0 Å². The molecule has 0 aromatic rings. The molecule has 0 heterocycles. The van der Waals surface area contributed by atoms with E-state index in [4.69, 9.17) is 16.2 Å². The second-order valence-electron chi connectivity index (χ2n) is 3.57. The van der Waals surface area contributed by atoms with Crippen LogP contribution in [0.25, 0.3) is 0 Å². The number of hydrogen-bond acceptors (Lipinski definition) is 5. The fourth-order valence-electron chi connectivity index (χ4n) is 1.31. The van der Waals surface area contributed by atoms with Crippen LogP contribution in [0.2, 0.25) is 0 Å². The maximum absolute atomic E-state index is 11.8. The minimum Gasteiger partial charge on any atom is -0.398 e. The predicted molar refractivity (Wildman–Crippen MR) is 74.5 cm³/mol. The van der Waals surface area contributed by atoms with Gasteiger partial charge in [-0.3, -0.25) is 0 Å². The van der Waals surface area contributed by atoms with Gasteiger partial charge in [-0.1, -0.05) is 24.3 Å². The summed E-state index contributed by atoms with van der Waals surface area (Å²) >= 11 is 0. The van der Waals surface area contributed by atoms with Gasteiger partial charge in [0, 0.05) is 11.4 Å². The van der Waals surface area contributed by atoms with E-state index < -0.39 is 11.9 Å². The zero-order chi connectivity index (χ0) is 15.0. The van der Waals surface area contributed by atoms with E-state index in [1.807, 2.05) is 0 Å². The monoisotopic (exact) mass is 264 g/mol. The third-order valence-corrected chi connectivity index (χ3v) is 2.45. The molecule has 5 nitrogen and oxygen atoms in total. The first-order valence-corrected chi connectivity index (χ1v) is 5.86. The van der Waals surface area contributed by atoms with E-state index in [1.54, 1.807) is 39.8 Å². The summed E-state index contributed by atoms with van der Waals surface area (Å²) in [5.41, 5.74) is 12.0. The van der Waals surface area contributed by atoms with Gasteiger partial charge in [-0.15, -0.1) is 0 Å². The fourth-order valence-corrected chi connectivity index (χ4v) is 1.31. The summed E-state index contributed by atoms with van der Waals surface area (Å²) in [7, 11) is 0. The Kier molecular flexibility index (Phi) is 6.96. The zero-order valence-electron chi connectivity index (χ0n) is 11.7. The highest BCUT2D eigenvalue weighted by Gasteiger charge is 2.20. The molecular formula is C14H20N2O3. The minimum atomic E-state index is -0.800. The minimum absolute atomic E-state index is 0.144. The first kappa shape index (κ1) is 16.7. The largest absolute Gasteiger partial charge is 0.398 e. The normalized spacial score (nSPS) is 14.3. The zero-order valence-corrected chi connectivity index (χ0v) is 11.7. The van der Waals surface area contributed by atoms with Crippen LogP contribution in [0.15, 0.2) is 46.8 Å². The molecule has 0 fully saturated rings. The summed E-state index contributed by atoms with van der Waals surface area (Å²) in [6.45, 7) is 6.63. The van der Waals surface area contributed by atoms with Crippen LogP contribution >= 0.6 is 0 Å². The lowest BCUT2D eigenvalue weighted by atomic mass is 10.1. The average molecular weight is 264 g/mol. The van der Waals surface area contributed by atoms with Crippen LogP contribution in [0, 0.1) is 0 Å². The van der Waals surface area contributed by atoms with Crippen molar-refractivity contribution < 1.29 is 14.3 Å².